The van der Waals surface area contributed by atoms with Gasteiger partial charge in [0, 0.05) is 25.2 Å². The van der Waals surface area contributed by atoms with E-state index < -0.39 is 0 Å². The van der Waals surface area contributed by atoms with Crippen LogP contribution in [0.25, 0.3) is 10.2 Å². The summed E-state index contributed by atoms with van der Waals surface area (Å²) in [6, 6.07) is 3.63. The molecule has 0 atom stereocenters. The maximum Gasteiger partial charge on any atom is 0.265 e. The number of anilines is 1. The monoisotopic (exact) mass is 251 g/mol. The molecular weight excluding hydrogens is 238 g/mol. The van der Waals surface area contributed by atoms with E-state index in [1.165, 1.54) is 16.2 Å². The Morgan fingerprint density at radius 3 is 3.06 bits per heavy atom. The fourth-order valence-electron chi connectivity index (χ4n) is 1.53. The molecule has 90 valence electrons. The van der Waals surface area contributed by atoms with Crippen molar-refractivity contribution in [3.05, 3.63) is 23.2 Å². The zero-order valence-corrected chi connectivity index (χ0v) is 10.2. The average Bonchev–Trinajstić information content (AvgIpc) is 2.67. The van der Waals surface area contributed by atoms with Gasteiger partial charge in [-0.3, -0.25) is 4.79 Å². The maximum absolute atomic E-state index is 12.0. The summed E-state index contributed by atoms with van der Waals surface area (Å²) < 4.78 is 0. The van der Waals surface area contributed by atoms with Crippen LogP contribution in [-0.2, 0) is 0 Å². The van der Waals surface area contributed by atoms with Crippen molar-refractivity contribution < 1.29 is 9.90 Å². The third-order valence-corrected chi connectivity index (χ3v) is 3.60. The normalized spacial score (nSPS) is 10.7. The largest absolute Gasteiger partial charge is 0.397 e. The zero-order chi connectivity index (χ0) is 12.4. The second kappa shape index (κ2) is 4.68. The highest BCUT2D eigenvalue weighted by atomic mass is 32.1. The van der Waals surface area contributed by atoms with E-state index in [9.17, 15) is 4.79 Å². The molecule has 2 rings (SSSR count). The van der Waals surface area contributed by atoms with Crippen molar-refractivity contribution in [2.75, 3.05) is 25.9 Å². The number of rotatable bonds is 3. The number of hydrogen-bond acceptors (Lipinski definition) is 5. The first-order valence-electron chi connectivity index (χ1n) is 5.14. The molecule has 0 aromatic carbocycles. The highest BCUT2D eigenvalue weighted by Crippen LogP contribution is 2.32. The first kappa shape index (κ1) is 11.8. The molecule has 5 nitrogen and oxygen atoms in total. The molecule has 0 aliphatic rings. The Bertz CT molecular complexity index is 553. The van der Waals surface area contributed by atoms with E-state index in [1.807, 2.05) is 6.07 Å². The number of pyridine rings is 1. The molecule has 6 heteroatoms. The van der Waals surface area contributed by atoms with Gasteiger partial charge in [-0.15, -0.1) is 11.3 Å². The van der Waals surface area contributed by atoms with Gasteiger partial charge in [0.15, 0.2) is 0 Å². The molecule has 2 aromatic rings. The number of nitrogen functional groups attached to an aromatic ring is 1. The molecule has 0 saturated carbocycles. The molecule has 2 heterocycles. The number of nitrogens with zero attached hydrogens (tertiary/aromatic N) is 2. The van der Waals surface area contributed by atoms with Gasteiger partial charge in [0.1, 0.15) is 9.71 Å². The van der Waals surface area contributed by atoms with Gasteiger partial charge in [0.05, 0.1) is 12.3 Å². The van der Waals surface area contributed by atoms with Crippen molar-refractivity contribution in [1.82, 2.24) is 9.88 Å². The highest BCUT2D eigenvalue weighted by molar-refractivity contribution is 7.21. The molecule has 3 N–H and O–H groups in total. The predicted molar refractivity (Wildman–Crippen MR) is 68.1 cm³/mol. The summed E-state index contributed by atoms with van der Waals surface area (Å²) in [6.07, 6.45) is 1.67. The number of thiophene rings is 1. The third-order valence-electron chi connectivity index (χ3n) is 2.48. The molecule has 0 fully saturated rings. The first-order valence-corrected chi connectivity index (χ1v) is 5.96. The van der Waals surface area contributed by atoms with Gasteiger partial charge in [-0.05, 0) is 12.1 Å². The van der Waals surface area contributed by atoms with Crippen molar-refractivity contribution in [3.8, 4) is 0 Å². The van der Waals surface area contributed by atoms with Crippen LogP contribution in [-0.4, -0.2) is 41.1 Å². The van der Waals surface area contributed by atoms with Crippen LogP contribution >= 0.6 is 11.3 Å². The number of carbonyl (C=O) groups is 1. The number of hydrogen-bond donors (Lipinski definition) is 2. The van der Waals surface area contributed by atoms with Crippen molar-refractivity contribution in [2.45, 2.75) is 0 Å². The minimum atomic E-state index is -0.181. The molecule has 0 saturated heterocycles. The van der Waals surface area contributed by atoms with E-state index in [4.69, 9.17) is 10.8 Å². The van der Waals surface area contributed by atoms with Crippen LogP contribution in [0.4, 0.5) is 5.69 Å². The molecule has 17 heavy (non-hydrogen) atoms. The third kappa shape index (κ3) is 2.09. The summed E-state index contributed by atoms with van der Waals surface area (Å²) >= 11 is 1.28. The number of aliphatic hydroxyl groups is 1. The number of nitrogens with two attached hydrogens (primary N) is 1. The molecule has 2 aromatic heterocycles. The minimum Gasteiger partial charge on any atom is -0.397 e. The predicted octanol–water partition coefficient (Wildman–Crippen LogP) is 0.943. The van der Waals surface area contributed by atoms with Gasteiger partial charge in [-0.1, -0.05) is 0 Å². The Balaban J connectivity index is 2.42. The van der Waals surface area contributed by atoms with Crippen LogP contribution in [0.1, 0.15) is 9.67 Å². The lowest BCUT2D eigenvalue weighted by atomic mass is 10.2. The van der Waals surface area contributed by atoms with E-state index in [0.717, 1.165) is 10.2 Å². The van der Waals surface area contributed by atoms with Crippen LogP contribution in [0, 0.1) is 0 Å². The summed E-state index contributed by atoms with van der Waals surface area (Å²) in [4.78, 5) is 18.9. The lowest BCUT2D eigenvalue weighted by Crippen LogP contribution is -2.29. The van der Waals surface area contributed by atoms with Gasteiger partial charge in [0.2, 0.25) is 0 Å². The number of aliphatic hydroxyl groups excluding tert-OH is 1. The number of amides is 1. The number of aromatic nitrogens is 1. The Morgan fingerprint density at radius 2 is 2.41 bits per heavy atom. The van der Waals surface area contributed by atoms with Crippen LogP contribution in [0.2, 0.25) is 0 Å². The van der Waals surface area contributed by atoms with Crippen molar-refractivity contribution >= 4 is 33.1 Å². The van der Waals surface area contributed by atoms with E-state index in [-0.39, 0.29) is 12.5 Å². The van der Waals surface area contributed by atoms with E-state index in [0.29, 0.717) is 17.1 Å². The van der Waals surface area contributed by atoms with Crippen LogP contribution in [0.5, 0.6) is 0 Å². The minimum absolute atomic E-state index is 0.0642. The SMILES string of the molecule is CN(CCO)C(=O)c1sc2ncccc2c1N. The summed E-state index contributed by atoms with van der Waals surface area (Å²) in [6.45, 7) is 0.227. The quantitative estimate of drug-likeness (QED) is 0.851. The van der Waals surface area contributed by atoms with Crippen LogP contribution < -0.4 is 5.73 Å². The molecule has 0 radical (unpaired) electrons. The van der Waals surface area contributed by atoms with Gasteiger partial charge in [-0.25, -0.2) is 4.98 Å². The second-order valence-corrected chi connectivity index (χ2v) is 4.65. The lowest BCUT2D eigenvalue weighted by Gasteiger charge is -2.14. The molecule has 0 aliphatic carbocycles. The van der Waals surface area contributed by atoms with Gasteiger partial charge >= 0.3 is 0 Å². The van der Waals surface area contributed by atoms with Crippen LogP contribution in [0.3, 0.4) is 0 Å². The van der Waals surface area contributed by atoms with Crippen molar-refractivity contribution in [3.63, 3.8) is 0 Å². The maximum atomic E-state index is 12.0. The molecule has 0 unspecified atom stereocenters. The van der Waals surface area contributed by atoms with Crippen molar-refractivity contribution in [2.24, 2.45) is 0 Å². The standard InChI is InChI=1S/C11H13N3O2S/c1-14(5-6-15)11(16)9-8(12)7-3-2-4-13-10(7)17-9/h2-4,15H,5-6,12H2,1H3. The Kier molecular flexibility index (Phi) is 3.26. The Hall–Kier alpha value is -1.66. The van der Waals surface area contributed by atoms with Crippen LogP contribution in [0.15, 0.2) is 18.3 Å². The fourth-order valence-corrected chi connectivity index (χ4v) is 2.59. The molecule has 0 aliphatic heterocycles. The number of carbonyl (C=O) groups excluding carboxylic acids is 1. The molecular formula is C11H13N3O2S. The number of fused-ring (bicyclic) bond motifs is 1. The van der Waals surface area contributed by atoms with E-state index >= 15 is 0 Å². The smallest absolute Gasteiger partial charge is 0.265 e. The topological polar surface area (TPSA) is 79.5 Å². The molecule has 1 amide bonds. The second-order valence-electron chi connectivity index (χ2n) is 3.65. The highest BCUT2D eigenvalue weighted by Gasteiger charge is 2.19. The van der Waals surface area contributed by atoms with E-state index in [2.05, 4.69) is 4.98 Å². The summed E-state index contributed by atoms with van der Waals surface area (Å²) in [7, 11) is 1.63. The fraction of sp³-hybridized carbons (Fsp3) is 0.273. The number of likely N-dealkylation sites (N-methyl/N-ethyl adjacent to an activating group) is 1. The zero-order valence-electron chi connectivity index (χ0n) is 9.38. The molecule has 0 bridgehead atoms. The van der Waals surface area contributed by atoms with Crippen molar-refractivity contribution in [1.29, 1.82) is 0 Å². The summed E-state index contributed by atoms with van der Waals surface area (Å²) in [5.41, 5.74) is 6.40. The van der Waals surface area contributed by atoms with Gasteiger partial charge < -0.3 is 15.7 Å². The van der Waals surface area contributed by atoms with Gasteiger partial charge in [-0.2, -0.15) is 0 Å². The average molecular weight is 251 g/mol. The molecule has 0 spiro atoms. The van der Waals surface area contributed by atoms with E-state index in [1.54, 1.807) is 19.3 Å². The first-order chi connectivity index (χ1) is 8.15. The summed E-state index contributed by atoms with van der Waals surface area (Å²) in [5, 5.41) is 9.61. The summed E-state index contributed by atoms with van der Waals surface area (Å²) in [5.74, 6) is -0.181. The Morgan fingerprint density at radius 1 is 1.65 bits per heavy atom. The van der Waals surface area contributed by atoms with Gasteiger partial charge in [0.25, 0.3) is 5.91 Å². The lowest BCUT2D eigenvalue weighted by molar-refractivity contribution is 0.0772. The Labute approximate surface area is 102 Å².